The molecule has 4 nitrogen and oxygen atoms in total. The Bertz CT molecular complexity index is 704. The summed E-state index contributed by atoms with van der Waals surface area (Å²) in [6.07, 6.45) is 2.23. The Hall–Kier alpha value is -2.04. The molecule has 2 atom stereocenters. The van der Waals surface area contributed by atoms with Gasteiger partial charge < -0.3 is 14.8 Å². The second-order valence-corrected chi connectivity index (χ2v) is 7.09. The second kappa shape index (κ2) is 7.46. The van der Waals surface area contributed by atoms with Crippen molar-refractivity contribution in [3.05, 3.63) is 59.7 Å². The number of ether oxygens (including phenoxy) is 2. The Kier molecular flexibility index (Phi) is 4.90. The zero-order chi connectivity index (χ0) is 17.1. The summed E-state index contributed by atoms with van der Waals surface area (Å²) in [5.74, 6) is 1.74. The summed E-state index contributed by atoms with van der Waals surface area (Å²) in [7, 11) is 0. The summed E-state index contributed by atoms with van der Waals surface area (Å²) in [5, 5.41) is 3.73. The lowest BCUT2D eigenvalue weighted by atomic mass is 10.1. The molecule has 2 aromatic rings. The summed E-state index contributed by atoms with van der Waals surface area (Å²) in [6, 6.07) is 18.2. The number of nitrogens with one attached hydrogen (secondary N) is 1. The van der Waals surface area contributed by atoms with Crippen molar-refractivity contribution >= 4 is 0 Å². The number of fused-ring (bicyclic) bond motifs is 1. The van der Waals surface area contributed by atoms with Gasteiger partial charge in [0.05, 0.1) is 0 Å². The Morgan fingerprint density at radius 2 is 1.88 bits per heavy atom. The lowest BCUT2D eigenvalue weighted by molar-refractivity contribution is 0.174. The van der Waals surface area contributed by atoms with Gasteiger partial charge in [-0.05, 0) is 49.6 Å². The third-order valence-electron chi connectivity index (χ3n) is 5.22. The molecule has 132 valence electrons. The Labute approximate surface area is 149 Å². The van der Waals surface area contributed by atoms with Crippen LogP contribution in [-0.4, -0.2) is 36.9 Å². The van der Waals surface area contributed by atoms with E-state index < -0.39 is 0 Å². The summed E-state index contributed by atoms with van der Waals surface area (Å²) in [4.78, 5) is 2.58. The summed E-state index contributed by atoms with van der Waals surface area (Å²) < 4.78 is 10.8. The largest absolute Gasteiger partial charge is 0.454 e. The maximum Gasteiger partial charge on any atom is 0.231 e. The predicted octanol–water partition coefficient (Wildman–Crippen LogP) is 3.21. The Morgan fingerprint density at radius 1 is 1.04 bits per heavy atom. The van der Waals surface area contributed by atoms with Crippen LogP contribution in [0.4, 0.5) is 0 Å². The minimum Gasteiger partial charge on any atom is -0.454 e. The molecule has 1 saturated heterocycles. The SMILES string of the molecule is C[C@H]1C[C@H](NCCc2ccc3c(c2)OCO3)CN1Cc1ccccc1. The summed E-state index contributed by atoms with van der Waals surface area (Å²) in [6.45, 7) is 5.84. The van der Waals surface area contributed by atoms with Gasteiger partial charge in [-0.15, -0.1) is 0 Å². The number of hydrogen-bond donors (Lipinski definition) is 1. The topological polar surface area (TPSA) is 33.7 Å². The molecule has 0 aliphatic carbocycles. The van der Waals surface area contributed by atoms with E-state index in [-0.39, 0.29) is 0 Å². The number of benzene rings is 2. The van der Waals surface area contributed by atoms with E-state index in [1.54, 1.807) is 0 Å². The van der Waals surface area contributed by atoms with Crippen molar-refractivity contribution in [2.75, 3.05) is 19.9 Å². The summed E-state index contributed by atoms with van der Waals surface area (Å²) in [5.41, 5.74) is 2.69. The van der Waals surface area contributed by atoms with Gasteiger partial charge in [-0.3, -0.25) is 4.90 Å². The lowest BCUT2D eigenvalue weighted by Gasteiger charge is -2.21. The highest BCUT2D eigenvalue weighted by Gasteiger charge is 2.28. The average molecular weight is 338 g/mol. The molecule has 0 aromatic heterocycles. The average Bonchev–Trinajstić information content (AvgIpc) is 3.22. The van der Waals surface area contributed by atoms with E-state index in [9.17, 15) is 0 Å². The van der Waals surface area contributed by atoms with Crippen molar-refractivity contribution in [3.8, 4) is 11.5 Å². The molecule has 4 heteroatoms. The zero-order valence-electron chi connectivity index (χ0n) is 14.8. The fraction of sp³-hybridized carbons (Fsp3) is 0.429. The van der Waals surface area contributed by atoms with Crippen LogP contribution in [0.25, 0.3) is 0 Å². The van der Waals surface area contributed by atoms with Crippen molar-refractivity contribution in [3.63, 3.8) is 0 Å². The molecule has 1 fully saturated rings. The van der Waals surface area contributed by atoms with Crippen LogP contribution in [0.3, 0.4) is 0 Å². The number of nitrogens with zero attached hydrogens (tertiary/aromatic N) is 1. The van der Waals surface area contributed by atoms with Crippen molar-refractivity contribution in [1.29, 1.82) is 0 Å². The zero-order valence-corrected chi connectivity index (χ0v) is 14.8. The monoisotopic (exact) mass is 338 g/mol. The van der Waals surface area contributed by atoms with E-state index >= 15 is 0 Å². The van der Waals surface area contributed by atoms with Gasteiger partial charge in [0, 0.05) is 25.2 Å². The molecule has 25 heavy (non-hydrogen) atoms. The van der Waals surface area contributed by atoms with Crippen LogP contribution in [0.15, 0.2) is 48.5 Å². The first kappa shape index (κ1) is 16.4. The quantitative estimate of drug-likeness (QED) is 0.877. The van der Waals surface area contributed by atoms with Crippen LogP contribution in [0.1, 0.15) is 24.5 Å². The number of rotatable bonds is 6. The normalized spacial score (nSPS) is 22.4. The third-order valence-corrected chi connectivity index (χ3v) is 5.22. The van der Waals surface area contributed by atoms with Crippen LogP contribution in [0.5, 0.6) is 11.5 Å². The number of likely N-dealkylation sites (tertiary alicyclic amines) is 1. The molecule has 2 aliphatic heterocycles. The molecule has 0 amide bonds. The molecule has 0 unspecified atom stereocenters. The van der Waals surface area contributed by atoms with E-state index in [1.807, 2.05) is 6.07 Å². The van der Waals surface area contributed by atoms with Gasteiger partial charge in [0.25, 0.3) is 0 Å². The van der Waals surface area contributed by atoms with Crippen LogP contribution in [0, 0.1) is 0 Å². The fourth-order valence-corrected chi connectivity index (χ4v) is 3.80. The molecule has 2 aromatic carbocycles. The maximum absolute atomic E-state index is 5.45. The van der Waals surface area contributed by atoms with Crippen LogP contribution < -0.4 is 14.8 Å². The van der Waals surface area contributed by atoms with Gasteiger partial charge in [-0.1, -0.05) is 36.4 Å². The Balaban J connectivity index is 1.25. The van der Waals surface area contributed by atoms with Gasteiger partial charge in [0.1, 0.15) is 0 Å². The molecular formula is C21H26N2O2. The van der Waals surface area contributed by atoms with E-state index in [0.717, 1.165) is 37.6 Å². The highest BCUT2D eigenvalue weighted by Crippen LogP contribution is 2.32. The van der Waals surface area contributed by atoms with Crippen molar-refractivity contribution in [2.24, 2.45) is 0 Å². The molecule has 0 saturated carbocycles. The third kappa shape index (κ3) is 3.97. The molecular weight excluding hydrogens is 312 g/mol. The van der Waals surface area contributed by atoms with E-state index in [4.69, 9.17) is 9.47 Å². The van der Waals surface area contributed by atoms with Gasteiger partial charge in [-0.2, -0.15) is 0 Å². The van der Waals surface area contributed by atoms with Crippen LogP contribution in [0.2, 0.25) is 0 Å². The first-order valence-electron chi connectivity index (χ1n) is 9.18. The molecule has 0 spiro atoms. The highest BCUT2D eigenvalue weighted by molar-refractivity contribution is 5.44. The Morgan fingerprint density at radius 3 is 2.76 bits per heavy atom. The van der Waals surface area contributed by atoms with Crippen molar-refractivity contribution in [1.82, 2.24) is 10.2 Å². The smallest absolute Gasteiger partial charge is 0.231 e. The minimum atomic E-state index is 0.342. The molecule has 4 rings (SSSR count). The standard InChI is InChI=1S/C21H26N2O2/c1-16-11-19(14-23(16)13-18-5-3-2-4-6-18)22-10-9-17-7-8-20-21(12-17)25-15-24-20/h2-8,12,16,19,22H,9-11,13-15H2,1H3/t16-,19-/m0/s1. The van der Waals surface area contributed by atoms with Crippen molar-refractivity contribution < 1.29 is 9.47 Å². The van der Waals surface area contributed by atoms with E-state index in [1.165, 1.54) is 17.5 Å². The summed E-state index contributed by atoms with van der Waals surface area (Å²) >= 11 is 0. The fourth-order valence-electron chi connectivity index (χ4n) is 3.80. The molecule has 2 heterocycles. The second-order valence-electron chi connectivity index (χ2n) is 7.09. The van der Waals surface area contributed by atoms with Gasteiger partial charge in [0.15, 0.2) is 11.5 Å². The van der Waals surface area contributed by atoms with Gasteiger partial charge in [-0.25, -0.2) is 0 Å². The highest BCUT2D eigenvalue weighted by atomic mass is 16.7. The lowest BCUT2D eigenvalue weighted by Crippen LogP contribution is -2.34. The molecule has 2 aliphatic rings. The molecule has 1 N–H and O–H groups in total. The predicted molar refractivity (Wildman–Crippen MR) is 99.0 cm³/mol. The van der Waals surface area contributed by atoms with Gasteiger partial charge in [0.2, 0.25) is 6.79 Å². The molecule has 0 radical (unpaired) electrons. The first-order valence-corrected chi connectivity index (χ1v) is 9.18. The molecule has 0 bridgehead atoms. The van der Waals surface area contributed by atoms with E-state index in [2.05, 4.69) is 59.6 Å². The number of hydrogen-bond acceptors (Lipinski definition) is 4. The van der Waals surface area contributed by atoms with Gasteiger partial charge >= 0.3 is 0 Å². The first-order chi connectivity index (χ1) is 12.3. The van der Waals surface area contributed by atoms with E-state index in [0.29, 0.717) is 18.9 Å². The maximum atomic E-state index is 5.45. The van der Waals surface area contributed by atoms with Crippen molar-refractivity contribution in [2.45, 2.75) is 38.4 Å². The van der Waals surface area contributed by atoms with Crippen LogP contribution >= 0.6 is 0 Å². The van der Waals surface area contributed by atoms with Crippen LogP contribution in [-0.2, 0) is 13.0 Å². The minimum absolute atomic E-state index is 0.342.